The van der Waals surface area contributed by atoms with Crippen molar-refractivity contribution in [3.8, 4) is 0 Å². The summed E-state index contributed by atoms with van der Waals surface area (Å²) in [5.74, 6) is -2.17. The van der Waals surface area contributed by atoms with Crippen LogP contribution in [0.4, 0.5) is 0 Å². The summed E-state index contributed by atoms with van der Waals surface area (Å²) in [5.41, 5.74) is -1.39. The number of carboxylic acids is 2. The normalized spacial score (nSPS) is 10.8. The van der Waals surface area contributed by atoms with E-state index in [1.54, 1.807) is 0 Å². The Bertz CT molecular complexity index is 334. The maximum atomic E-state index is 10.2. The van der Waals surface area contributed by atoms with E-state index in [1.807, 2.05) is 0 Å². The minimum Gasteiger partial charge on any atom is -0.481 e. The van der Waals surface area contributed by atoms with Crippen LogP contribution < -0.4 is 0 Å². The van der Waals surface area contributed by atoms with Crippen LogP contribution in [-0.4, -0.2) is 93.0 Å². The third kappa shape index (κ3) is 24.7. The maximum Gasteiger partial charge on any atom is 0.327 e. The van der Waals surface area contributed by atoms with Crippen LogP contribution in [0, 0.1) is 5.41 Å². The van der Waals surface area contributed by atoms with Gasteiger partial charge in [0.15, 0.2) is 0 Å². The molecule has 0 bridgehead atoms. The number of hydrogen-bond donors (Lipinski definition) is 6. The molecule has 0 aromatic carbocycles. The summed E-state index contributed by atoms with van der Waals surface area (Å²) in [4.78, 5) is 21.8. The van der Waals surface area contributed by atoms with Crippen molar-refractivity contribution in [3.63, 3.8) is 0 Å². The Hall–Kier alpha value is -1.52. The largest absolute Gasteiger partial charge is 0.481 e. The minimum absolute atomic E-state index is 0.139. The topological polar surface area (TPSA) is 159 Å². The number of aliphatic carboxylic acids is 2. The molecule has 0 aliphatic carbocycles. The van der Waals surface area contributed by atoms with E-state index in [2.05, 4.69) is 32.3 Å². The number of aliphatic hydroxyl groups is 4. The third-order valence-corrected chi connectivity index (χ3v) is 2.99. The first kappa shape index (κ1) is 32.2. The summed E-state index contributed by atoms with van der Waals surface area (Å²) in [6, 6.07) is 0. The summed E-state index contributed by atoms with van der Waals surface area (Å²) in [5, 5.41) is 48.8. The molecular weight excluding hydrogens is 346 g/mol. The van der Waals surface area contributed by atoms with E-state index < -0.39 is 36.7 Å². The smallest absolute Gasteiger partial charge is 0.327 e. The molecule has 9 heteroatoms. The van der Waals surface area contributed by atoms with Gasteiger partial charge in [0.1, 0.15) is 5.41 Å². The molecule has 1 atom stereocenters. The molecule has 0 saturated heterocycles. The zero-order valence-electron chi connectivity index (χ0n) is 16.6. The van der Waals surface area contributed by atoms with E-state index in [1.165, 1.54) is 33.5 Å². The highest BCUT2D eigenvalue weighted by Crippen LogP contribution is 2.12. The van der Waals surface area contributed by atoms with Crippen molar-refractivity contribution in [2.75, 3.05) is 39.5 Å². The van der Waals surface area contributed by atoms with Gasteiger partial charge in [0.25, 0.3) is 0 Å². The fourth-order valence-electron chi connectivity index (χ4n) is 0.856. The first-order chi connectivity index (χ1) is 12.0. The van der Waals surface area contributed by atoms with E-state index in [-0.39, 0.29) is 6.61 Å². The van der Waals surface area contributed by atoms with Crippen LogP contribution in [0.3, 0.4) is 0 Å². The van der Waals surface area contributed by atoms with Gasteiger partial charge in [-0.05, 0) is 33.5 Å². The first-order valence-corrected chi connectivity index (χ1v) is 8.27. The van der Waals surface area contributed by atoms with Crippen LogP contribution >= 0.6 is 0 Å². The maximum absolute atomic E-state index is 10.2. The molecule has 0 aliphatic rings. The Kier molecular flexibility index (Phi) is 26.6. The number of carboxylic acid groups (broad SMARTS) is 2. The third-order valence-electron chi connectivity index (χ3n) is 2.99. The van der Waals surface area contributed by atoms with Crippen molar-refractivity contribution in [2.24, 2.45) is 5.41 Å². The van der Waals surface area contributed by atoms with Crippen LogP contribution in [0.2, 0.25) is 0 Å². The average Bonchev–Trinajstić information content (AvgIpc) is 2.63. The van der Waals surface area contributed by atoms with Crippen molar-refractivity contribution in [1.82, 2.24) is 4.90 Å². The Balaban J connectivity index is -0.000000128. The van der Waals surface area contributed by atoms with Gasteiger partial charge < -0.3 is 35.5 Å². The quantitative estimate of drug-likeness (QED) is 0.318. The fourth-order valence-corrected chi connectivity index (χ4v) is 0.856. The van der Waals surface area contributed by atoms with Crippen molar-refractivity contribution in [1.29, 1.82) is 0 Å². The second kappa shape index (κ2) is 21.5. The van der Waals surface area contributed by atoms with E-state index in [4.69, 9.17) is 30.6 Å². The molecule has 1 unspecified atom stereocenters. The molecule has 0 rings (SSSR count). The second-order valence-electron chi connectivity index (χ2n) is 5.38. The molecular formula is C17H37NO8. The van der Waals surface area contributed by atoms with Crippen molar-refractivity contribution in [3.05, 3.63) is 12.7 Å². The number of aliphatic hydroxyl groups excluding tert-OH is 4. The average molecular weight is 383 g/mol. The Morgan fingerprint density at radius 3 is 1.31 bits per heavy atom. The van der Waals surface area contributed by atoms with Crippen LogP contribution in [0.1, 0.15) is 34.6 Å². The molecule has 0 aromatic rings. The Morgan fingerprint density at radius 1 is 1.04 bits per heavy atom. The molecule has 0 aliphatic heterocycles. The molecule has 0 amide bonds. The van der Waals surface area contributed by atoms with Gasteiger partial charge in [-0.3, -0.25) is 4.79 Å². The van der Waals surface area contributed by atoms with Gasteiger partial charge in [-0.25, -0.2) is 4.79 Å². The number of nitrogens with zero attached hydrogens (tertiary/aromatic N) is 1. The van der Waals surface area contributed by atoms with Gasteiger partial charge in [0.05, 0.1) is 25.9 Å². The highest BCUT2D eigenvalue weighted by atomic mass is 16.4. The van der Waals surface area contributed by atoms with E-state index in [0.717, 1.165) is 6.08 Å². The highest BCUT2D eigenvalue weighted by molar-refractivity contribution is 5.78. The van der Waals surface area contributed by atoms with Gasteiger partial charge in [-0.15, -0.1) is 0 Å². The lowest BCUT2D eigenvalue weighted by atomic mass is 9.94. The van der Waals surface area contributed by atoms with E-state index in [9.17, 15) is 9.59 Å². The SMILES string of the molecule is C=CC(=O)O.CC(CO)(CO)C(=O)O.CC(O)CO.CCN(CC)CC. The lowest BCUT2D eigenvalue weighted by Crippen LogP contribution is -2.35. The van der Waals surface area contributed by atoms with Gasteiger partial charge in [0.2, 0.25) is 0 Å². The summed E-state index contributed by atoms with van der Waals surface area (Å²) in [6.07, 6.45) is 0.273. The van der Waals surface area contributed by atoms with Gasteiger partial charge >= 0.3 is 11.9 Å². The number of hydrogen-bond acceptors (Lipinski definition) is 7. The Morgan fingerprint density at radius 2 is 1.31 bits per heavy atom. The Labute approximate surface area is 156 Å². The summed E-state index contributed by atoms with van der Waals surface area (Å²) in [7, 11) is 0. The molecule has 6 N–H and O–H groups in total. The lowest BCUT2D eigenvalue weighted by molar-refractivity contribution is -0.152. The van der Waals surface area contributed by atoms with Crippen LogP contribution in [0.15, 0.2) is 12.7 Å². The minimum atomic E-state index is -1.39. The van der Waals surface area contributed by atoms with Crippen LogP contribution in [0.25, 0.3) is 0 Å². The molecule has 158 valence electrons. The lowest BCUT2D eigenvalue weighted by Gasteiger charge is -2.17. The monoisotopic (exact) mass is 383 g/mol. The van der Waals surface area contributed by atoms with Crippen molar-refractivity contribution < 1.29 is 40.2 Å². The van der Waals surface area contributed by atoms with Crippen LogP contribution in [-0.2, 0) is 9.59 Å². The summed E-state index contributed by atoms with van der Waals surface area (Å²) < 4.78 is 0. The standard InChI is InChI=1S/C6H15N.C5H10O4.C3H8O2.C3H4O2/c1-4-7(5-2)6-3;1-5(2-6,3-7)4(8)9;1-3(5)2-4;1-2-3(4)5/h4-6H2,1-3H3;6-7H,2-3H2,1H3,(H,8,9);3-5H,2H2,1H3;2H,1H2,(H,4,5). The molecule has 26 heavy (non-hydrogen) atoms. The fraction of sp³-hybridized carbons (Fsp3) is 0.765. The van der Waals surface area contributed by atoms with Crippen molar-refractivity contribution in [2.45, 2.75) is 40.7 Å². The molecule has 0 spiro atoms. The van der Waals surface area contributed by atoms with Gasteiger partial charge in [-0.1, -0.05) is 27.4 Å². The zero-order valence-corrected chi connectivity index (χ0v) is 16.6. The molecule has 0 heterocycles. The first-order valence-electron chi connectivity index (χ1n) is 8.27. The second-order valence-corrected chi connectivity index (χ2v) is 5.38. The highest BCUT2D eigenvalue weighted by Gasteiger charge is 2.31. The van der Waals surface area contributed by atoms with E-state index >= 15 is 0 Å². The van der Waals surface area contributed by atoms with E-state index in [0.29, 0.717) is 0 Å². The van der Waals surface area contributed by atoms with Gasteiger partial charge in [0, 0.05) is 6.08 Å². The molecule has 0 radical (unpaired) electrons. The summed E-state index contributed by atoms with van der Waals surface area (Å²) >= 11 is 0. The van der Waals surface area contributed by atoms with Gasteiger partial charge in [-0.2, -0.15) is 0 Å². The summed E-state index contributed by atoms with van der Waals surface area (Å²) in [6.45, 7) is 14.7. The predicted molar refractivity (Wildman–Crippen MR) is 100.0 cm³/mol. The molecule has 0 saturated carbocycles. The molecule has 0 fully saturated rings. The zero-order chi connectivity index (χ0) is 21.8. The molecule has 9 nitrogen and oxygen atoms in total. The number of carbonyl (C=O) groups is 2. The van der Waals surface area contributed by atoms with Crippen molar-refractivity contribution >= 4 is 11.9 Å². The predicted octanol–water partition coefficient (Wildman–Crippen LogP) is 0.0265. The number of rotatable bonds is 8. The molecule has 0 aromatic heterocycles. The van der Waals surface area contributed by atoms with Crippen LogP contribution in [0.5, 0.6) is 0 Å².